The van der Waals surface area contributed by atoms with E-state index < -0.39 is 4.92 Å². The van der Waals surface area contributed by atoms with Gasteiger partial charge in [0.25, 0.3) is 5.69 Å². The van der Waals surface area contributed by atoms with Crippen molar-refractivity contribution in [2.75, 3.05) is 7.11 Å². The van der Waals surface area contributed by atoms with Gasteiger partial charge in [-0.05, 0) is 23.8 Å². The topological polar surface area (TPSA) is 69.4 Å². The first-order valence-corrected chi connectivity index (χ1v) is 6.21. The molecule has 2 rings (SSSR count). The fourth-order valence-corrected chi connectivity index (χ4v) is 1.76. The summed E-state index contributed by atoms with van der Waals surface area (Å²) in [6, 6.07) is 12.9. The molecule has 0 aliphatic carbocycles. The normalized spacial score (nSPS) is 10.5. The third kappa shape index (κ3) is 3.76. The summed E-state index contributed by atoms with van der Waals surface area (Å²) in [5.41, 5.74) is 1.03. The highest BCUT2D eigenvalue weighted by Crippen LogP contribution is 2.15. The van der Waals surface area contributed by atoms with Crippen LogP contribution in [0.1, 0.15) is 15.9 Å². The Balaban J connectivity index is 2.14. The van der Waals surface area contributed by atoms with E-state index in [1.807, 2.05) is 12.1 Å². The Morgan fingerprint density at radius 2 is 1.90 bits per heavy atom. The van der Waals surface area contributed by atoms with Crippen molar-refractivity contribution in [3.8, 4) is 5.75 Å². The van der Waals surface area contributed by atoms with E-state index in [0.717, 1.165) is 11.3 Å². The summed E-state index contributed by atoms with van der Waals surface area (Å²) >= 11 is 0. The zero-order valence-electron chi connectivity index (χ0n) is 11.4. The molecule has 0 aliphatic heterocycles. The Kier molecular flexibility index (Phi) is 4.46. The second kappa shape index (κ2) is 6.47. The number of methoxy groups -OCH3 is 1. The number of nitro benzene ring substituents is 1. The monoisotopic (exact) mass is 283 g/mol. The summed E-state index contributed by atoms with van der Waals surface area (Å²) < 4.78 is 5.04. The molecule has 0 aliphatic rings. The molecular formula is C16H13NO4. The molecule has 21 heavy (non-hydrogen) atoms. The molecule has 5 nitrogen and oxygen atoms in total. The van der Waals surface area contributed by atoms with E-state index in [2.05, 4.69) is 0 Å². The van der Waals surface area contributed by atoms with Gasteiger partial charge in [-0.2, -0.15) is 0 Å². The fourth-order valence-electron chi connectivity index (χ4n) is 1.76. The summed E-state index contributed by atoms with van der Waals surface area (Å²) in [5, 5.41) is 10.7. The molecule has 0 N–H and O–H groups in total. The second-order valence-corrected chi connectivity index (χ2v) is 4.28. The van der Waals surface area contributed by atoms with Crippen LogP contribution in [0.3, 0.4) is 0 Å². The van der Waals surface area contributed by atoms with E-state index in [0.29, 0.717) is 0 Å². The number of ether oxygens (including phenoxy) is 1. The molecule has 0 bridgehead atoms. The van der Waals surface area contributed by atoms with Gasteiger partial charge in [-0.3, -0.25) is 14.9 Å². The van der Waals surface area contributed by atoms with Gasteiger partial charge < -0.3 is 4.74 Å². The third-order valence-electron chi connectivity index (χ3n) is 2.88. The highest BCUT2D eigenvalue weighted by atomic mass is 16.6. The number of hydrogen-bond donors (Lipinski definition) is 0. The van der Waals surface area contributed by atoms with Crippen LogP contribution < -0.4 is 4.74 Å². The van der Waals surface area contributed by atoms with E-state index in [1.54, 1.807) is 31.4 Å². The maximum atomic E-state index is 12.0. The molecule has 2 aromatic carbocycles. The summed E-state index contributed by atoms with van der Waals surface area (Å²) in [7, 11) is 1.58. The van der Waals surface area contributed by atoms with Gasteiger partial charge in [0.15, 0.2) is 5.78 Å². The fraction of sp³-hybridized carbons (Fsp3) is 0.0625. The number of allylic oxidation sites excluding steroid dienone is 1. The number of benzene rings is 2. The molecule has 0 aromatic heterocycles. The zero-order chi connectivity index (χ0) is 15.2. The number of rotatable bonds is 5. The van der Waals surface area contributed by atoms with E-state index in [4.69, 9.17) is 4.74 Å². The predicted molar refractivity (Wildman–Crippen MR) is 79.5 cm³/mol. The van der Waals surface area contributed by atoms with Crippen LogP contribution in [0.25, 0.3) is 6.08 Å². The van der Waals surface area contributed by atoms with Gasteiger partial charge >= 0.3 is 0 Å². The summed E-state index contributed by atoms with van der Waals surface area (Å²) in [6.45, 7) is 0. The number of carbonyl (C=O) groups is 1. The highest BCUT2D eigenvalue weighted by molar-refractivity contribution is 6.07. The Hall–Kier alpha value is -2.95. The van der Waals surface area contributed by atoms with Crippen LogP contribution >= 0.6 is 0 Å². The summed E-state index contributed by atoms with van der Waals surface area (Å²) in [6.07, 6.45) is 3.04. The number of nitrogens with zero attached hydrogens (tertiary/aromatic N) is 1. The Labute approximate surface area is 121 Å². The van der Waals surface area contributed by atoms with Crippen LogP contribution in [0.5, 0.6) is 5.75 Å². The van der Waals surface area contributed by atoms with Gasteiger partial charge in [-0.25, -0.2) is 0 Å². The Bertz CT molecular complexity index is 690. The molecule has 0 fully saturated rings. The second-order valence-electron chi connectivity index (χ2n) is 4.28. The highest BCUT2D eigenvalue weighted by Gasteiger charge is 2.09. The van der Waals surface area contributed by atoms with Gasteiger partial charge in [-0.15, -0.1) is 0 Å². The van der Waals surface area contributed by atoms with Gasteiger partial charge in [0, 0.05) is 17.7 Å². The van der Waals surface area contributed by atoms with Crippen molar-refractivity contribution in [2.24, 2.45) is 0 Å². The average molecular weight is 283 g/mol. The van der Waals surface area contributed by atoms with Crippen molar-refractivity contribution < 1.29 is 14.5 Å². The molecule has 0 unspecified atom stereocenters. The van der Waals surface area contributed by atoms with Crippen LogP contribution in [0.4, 0.5) is 5.69 Å². The molecule has 0 radical (unpaired) electrons. The van der Waals surface area contributed by atoms with Crippen molar-refractivity contribution in [2.45, 2.75) is 0 Å². The Morgan fingerprint density at radius 1 is 1.19 bits per heavy atom. The van der Waals surface area contributed by atoms with Crippen LogP contribution in [-0.4, -0.2) is 17.8 Å². The molecule has 0 heterocycles. The summed E-state index contributed by atoms with van der Waals surface area (Å²) in [4.78, 5) is 22.1. The number of nitro groups is 1. The van der Waals surface area contributed by atoms with Crippen LogP contribution in [-0.2, 0) is 0 Å². The number of non-ortho nitro benzene ring substituents is 1. The molecule has 2 aromatic rings. The van der Waals surface area contributed by atoms with Gasteiger partial charge in [0.1, 0.15) is 5.75 Å². The lowest BCUT2D eigenvalue weighted by molar-refractivity contribution is -0.384. The maximum Gasteiger partial charge on any atom is 0.270 e. The van der Waals surface area contributed by atoms with E-state index in [1.165, 1.54) is 24.3 Å². The van der Waals surface area contributed by atoms with Crippen molar-refractivity contribution in [1.82, 2.24) is 0 Å². The minimum Gasteiger partial charge on any atom is -0.497 e. The lowest BCUT2D eigenvalue weighted by atomic mass is 10.1. The molecule has 0 spiro atoms. The first kappa shape index (κ1) is 14.5. The predicted octanol–water partition coefficient (Wildman–Crippen LogP) is 3.50. The summed E-state index contributed by atoms with van der Waals surface area (Å²) in [5.74, 6) is 0.451. The first-order valence-electron chi connectivity index (χ1n) is 6.21. The minimum atomic E-state index is -0.524. The molecule has 0 saturated heterocycles. The largest absolute Gasteiger partial charge is 0.497 e. The van der Waals surface area contributed by atoms with Gasteiger partial charge in [-0.1, -0.05) is 30.3 Å². The van der Waals surface area contributed by atoms with E-state index in [9.17, 15) is 14.9 Å². The number of carbonyl (C=O) groups excluding carboxylic acids is 1. The van der Waals surface area contributed by atoms with Gasteiger partial charge in [0.2, 0.25) is 0 Å². The van der Waals surface area contributed by atoms with Crippen molar-refractivity contribution >= 4 is 17.5 Å². The molecular weight excluding hydrogens is 270 g/mol. The third-order valence-corrected chi connectivity index (χ3v) is 2.88. The van der Waals surface area contributed by atoms with Crippen molar-refractivity contribution in [3.63, 3.8) is 0 Å². The smallest absolute Gasteiger partial charge is 0.270 e. The SMILES string of the molecule is COc1ccc(C=CC(=O)c2cccc([N+](=O)[O-])c2)cc1. The Morgan fingerprint density at radius 3 is 2.52 bits per heavy atom. The maximum absolute atomic E-state index is 12.0. The van der Waals surface area contributed by atoms with E-state index >= 15 is 0 Å². The minimum absolute atomic E-state index is 0.0984. The lowest BCUT2D eigenvalue weighted by Crippen LogP contribution is -1.96. The van der Waals surface area contributed by atoms with Crippen LogP contribution in [0.15, 0.2) is 54.6 Å². The van der Waals surface area contributed by atoms with Crippen LogP contribution in [0, 0.1) is 10.1 Å². The molecule has 0 atom stereocenters. The van der Waals surface area contributed by atoms with Crippen molar-refractivity contribution in [1.29, 1.82) is 0 Å². The molecule has 106 valence electrons. The zero-order valence-corrected chi connectivity index (χ0v) is 11.4. The quantitative estimate of drug-likeness (QED) is 0.364. The number of ketones is 1. The van der Waals surface area contributed by atoms with Crippen LogP contribution in [0.2, 0.25) is 0 Å². The van der Waals surface area contributed by atoms with E-state index in [-0.39, 0.29) is 17.0 Å². The van der Waals surface area contributed by atoms with Crippen molar-refractivity contribution in [3.05, 3.63) is 75.8 Å². The standard InChI is InChI=1S/C16H13NO4/c1-21-15-8-5-12(6-9-15)7-10-16(18)13-3-2-4-14(11-13)17(19)20/h2-11H,1H3. The molecule has 0 amide bonds. The molecule has 5 heteroatoms. The molecule has 0 saturated carbocycles. The lowest BCUT2D eigenvalue weighted by Gasteiger charge is -1.99. The average Bonchev–Trinajstić information content (AvgIpc) is 2.53. The van der Waals surface area contributed by atoms with Gasteiger partial charge in [0.05, 0.1) is 12.0 Å². The first-order chi connectivity index (χ1) is 10.1. The number of hydrogen-bond acceptors (Lipinski definition) is 4.